The lowest BCUT2D eigenvalue weighted by Crippen LogP contribution is -2.44. The van der Waals surface area contributed by atoms with Crippen molar-refractivity contribution in [1.29, 1.82) is 0 Å². The Labute approximate surface area is 148 Å². The number of rotatable bonds is 3. The maximum Gasteiger partial charge on any atom is 0.297 e. The first kappa shape index (κ1) is 16.5. The molecule has 2 aromatic rings. The van der Waals surface area contributed by atoms with E-state index < -0.39 is 16.2 Å². The second kappa shape index (κ2) is 6.07. The van der Waals surface area contributed by atoms with Gasteiger partial charge in [-0.3, -0.25) is 8.98 Å². The minimum Gasteiger partial charge on any atom is -0.299 e. The molecule has 3 atom stereocenters. The molecule has 0 radical (unpaired) electrons. The zero-order valence-corrected chi connectivity index (χ0v) is 14.8. The van der Waals surface area contributed by atoms with Crippen LogP contribution in [0, 0.1) is 12.8 Å². The highest BCUT2D eigenvalue weighted by Gasteiger charge is 2.45. The number of hydrogen-bond donors (Lipinski definition) is 0. The van der Waals surface area contributed by atoms with Crippen molar-refractivity contribution in [2.75, 3.05) is 0 Å². The van der Waals surface area contributed by atoms with E-state index in [9.17, 15) is 13.2 Å². The smallest absolute Gasteiger partial charge is 0.297 e. The van der Waals surface area contributed by atoms with Crippen molar-refractivity contribution in [3.05, 3.63) is 65.2 Å². The highest BCUT2D eigenvalue weighted by molar-refractivity contribution is 7.86. The van der Waals surface area contributed by atoms with E-state index in [1.165, 1.54) is 0 Å². The number of carbonyl (C=O) groups is 1. The number of fused-ring (bicyclic) bond motifs is 4. The lowest BCUT2D eigenvalue weighted by Gasteiger charge is -2.39. The molecule has 0 heterocycles. The summed E-state index contributed by atoms with van der Waals surface area (Å²) in [6.45, 7) is 1.90. The molecule has 0 spiro atoms. The topological polar surface area (TPSA) is 60.4 Å². The lowest BCUT2D eigenvalue weighted by molar-refractivity contribution is -0.131. The third-order valence-corrected chi connectivity index (χ3v) is 6.68. The SMILES string of the molecule is Cc1ccc(S(=O)(=O)O[C@@H]2CC[C@H]3C(=O)[C@@H]2Cc2ccccc23)cc1. The Bertz CT molecular complexity index is 915. The van der Waals surface area contributed by atoms with Crippen molar-refractivity contribution < 1.29 is 17.4 Å². The molecule has 0 amide bonds. The van der Waals surface area contributed by atoms with Gasteiger partial charge in [-0.05, 0) is 49.4 Å². The third kappa shape index (κ3) is 2.92. The lowest BCUT2D eigenvalue weighted by atomic mass is 9.67. The fourth-order valence-electron chi connectivity index (χ4n) is 3.99. The number of ketones is 1. The number of benzene rings is 2. The van der Waals surface area contributed by atoms with Crippen molar-refractivity contribution in [3.8, 4) is 0 Å². The van der Waals surface area contributed by atoms with Gasteiger partial charge in [-0.2, -0.15) is 8.42 Å². The van der Waals surface area contributed by atoms with Crippen LogP contribution in [-0.4, -0.2) is 20.3 Å². The van der Waals surface area contributed by atoms with E-state index in [-0.39, 0.29) is 22.5 Å². The minimum absolute atomic E-state index is 0.114. The molecule has 4 rings (SSSR count). The molecule has 0 N–H and O–H groups in total. The van der Waals surface area contributed by atoms with Gasteiger partial charge in [0.2, 0.25) is 0 Å². The first-order valence-corrected chi connectivity index (χ1v) is 9.98. The van der Waals surface area contributed by atoms with Crippen LogP contribution in [0.4, 0.5) is 0 Å². The van der Waals surface area contributed by atoms with Gasteiger partial charge >= 0.3 is 0 Å². The van der Waals surface area contributed by atoms with Gasteiger partial charge in [0.05, 0.1) is 16.9 Å². The summed E-state index contributed by atoms with van der Waals surface area (Å²) < 4.78 is 30.7. The van der Waals surface area contributed by atoms with Crippen LogP contribution in [0.2, 0.25) is 0 Å². The van der Waals surface area contributed by atoms with Crippen molar-refractivity contribution in [2.24, 2.45) is 5.92 Å². The molecule has 25 heavy (non-hydrogen) atoms. The number of carbonyl (C=O) groups excluding carboxylic acids is 1. The van der Waals surface area contributed by atoms with Crippen molar-refractivity contribution in [1.82, 2.24) is 0 Å². The van der Waals surface area contributed by atoms with Crippen LogP contribution in [0.25, 0.3) is 0 Å². The van der Waals surface area contributed by atoms with Crippen LogP contribution >= 0.6 is 0 Å². The second-order valence-corrected chi connectivity index (χ2v) is 8.52. The predicted molar refractivity (Wildman–Crippen MR) is 93.9 cm³/mol. The van der Waals surface area contributed by atoms with Crippen LogP contribution in [0.3, 0.4) is 0 Å². The first-order valence-electron chi connectivity index (χ1n) is 8.57. The van der Waals surface area contributed by atoms with E-state index in [1.807, 2.05) is 31.2 Å². The summed E-state index contributed by atoms with van der Waals surface area (Å²) in [4.78, 5) is 12.9. The molecule has 2 bridgehead atoms. The van der Waals surface area contributed by atoms with E-state index in [0.29, 0.717) is 19.3 Å². The monoisotopic (exact) mass is 356 g/mol. The van der Waals surface area contributed by atoms with Gasteiger partial charge in [-0.1, -0.05) is 42.0 Å². The van der Waals surface area contributed by atoms with E-state index in [0.717, 1.165) is 16.7 Å². The standard InChI is InChI=1S/C20H20O4S/c1-13-6-8-15(9-7-13)25(22,23)24-19-11-10-17-16-5-3-2-4-14(16)12-18(19)20(17)21/h2-9,17-19H,10-12H2,1H3/t17-,18-,19-/m1/s1. The molecule has 0 unspecified atom stereocenters. The van der Waals surface area contributed by atoms with Gasteiger partial charge in [-0.15, -0.1) is 0 Å². The van der Waals surface area contributed by atoms with Crippen LogP contribution < -0.4 is 0 Å². The summed E-state index contributed by atoms with van der Waals surface area (Å²) in [6.07, 6.45) is 1.20. The van der Waals surface area contributed by atoms with Crippen molar-refractivity contribution >= 4 is 15.9 Å². The van der Waals surface area contributed by atoms with E-state index >= 15 is 0 Å². The van der Waals surface area contributed by atoms with Crippen LogP contribution in [-0.2, 0) is 25.5 Å². The molecule has 2 aliphatic carbocycles. The summed E-state index contributed by atoms with van der Waals surface area (Å²) >= 11 is 0. The van der Waals surface area contributed by atoms with Gasteiger partial charge in [0, 0.05) is 5.92 Å². The fourth-order valence-corrected chi connectivity index (χ4v) is 5.13. The summed E-state index contributed by atoms with van der Waals surface area (Å²) in [5.74, 6) is -0.375. The van der Waals surface area contributed by atoms with Crippen LogP contribution in [0.15, 0.2) is 53.4 Å². The highest BCUT2D eigenvalue weighted by atomic mass is 32.2. The molecule has 130 valence electrons. The number of Topliss-reactive ketones (excluding diaryl/α,β-unsaturated/α-hetero) is 1. The molecule has 2 aliphatic rings. The molecule has 0 aliphatic heterocycles. The average molecular weight is 356 g/mol. The van der Waals surface area contributed by atoms with E-state index in [4.69, 9.17) is 4.18 Å². The second-order valence-electron chi connectivity index (χ2n) is 6.94. The van der Waals surface area contributed by atoms with Gasteiger partial charge in [0.15, 0.2) is 0 Å². The summed E-state index contributed by atoms with van der Waals surface area (Å²) in [5.41, 5.74) is 3.22. The van der Waals surface area contributed by atoms with Gasteiger partial charge in [0.1, 0.15) is 5.78 Å². The molecular formula is C20H20O4S. The largest absolute Gasteiger partial charge is 0.299 e. The Morgan fingerprint density at radius 3 is 2.48 bits per heavy atom. The Balaban J connectivity index is 1.61. The number of hydrogen-bond acceptors (Lipinski definition) is 4. The molecule has 1 saturated carbocycles. The Morgan fingerprint density at radius 1 is 1.00 bits per heavy atom. The van der Waals surface area contributed by atoms with E-state index in [2.05, 4.69) is 0 Å². The molecule has 1 fully saturated rings. The fraction of sp³-hybridized carbons (Fsp3) is 0.350. The van der Waals surface area contributed by atoms with Crippen LogP contribution in [0.5, 0.6) is 0 Å². The predicted octanol–water partition coefficient (Wildman–Crippen LogP) is 3.39. The molecule has 0 aromatic heterocycles. The Kier molecular flexibility index (Phi) is 4.01. The first-order chi connectivity index (χ1) is 12.0. The van der Waals surface area contributed by atoms with Gasteiger partial charge in [-0.25, -0.2) is 0 Å². The zero-order valence-electron chi connectivity index (χ0n) is 14.0. The van der Waals surface area contributed by atoms with Crippen LogP contribution in [0.1, 0.15) is 35.4 Å². The normalized spacial score (nSPS) is 25.5. The average Bonchev–Trinajstić information content (AvgIpc) is 2.58. The third-order valence-electron chi connectivity index (χ3n) is 5.33. The molecule has 4 nitrogen and oxygen atoms in total. The van der Waals surface area contributed by atoms with Crippen molar-refractivity contribution in [2.45, 2.75) is 43.1 Å². The van der Waals surface area contributed by atoms with Gasteiger partial charge < -0.3 is 0 Å². The molecule has 0 saturated heterocycles. The van der Waals surface area contributed by atoms with Gasteiger partial charge in [0.25, 0.3) is 10.1 Å². The zero-order chi connectivity index (χ0) is 17.6. The Hall–Kier alpha value is -1.98. The Morgan fingerprint density at radius 2 is 1.72 bits per heavy atom. The minimum atomic E-state index is -3.87. The van der Waals surface area contributed by atoms with Crippen molar-refractivity contribution in [3.63, 3.8) is 0 Å². The highest BCUT2D eigenvalue weighted by Crippen LogP contribution is 2.43. The summed E-state index contributed by atoms with van der Waals surface area (Å²) in [5, 5.41) is 0. The maximum atomic E-state index is 12.8. The molecular weight excluding hydrogens is 336 g/mol. The molecule has 2 aromatic carbocycles. The quantitative estimate of drug-likeness (QED) is 0.791. The summed E-state index contributed by atoms with van der Waals surface area (Å²) in [7, 11) is -3.87. The molecule has 5 heteroatoms. The van der Waals surface area contributed by atoms with E-state index in [1.54, 1.807) is 24.3 Å². The maximum absolute atomic E-state index is 12.8. The summed E-state index contributed by atoms with van der Waals surface area (Å²) in [6, 6.07) is 14.5. The number of aryl methyl sites for hydroxylation is 1.